The molecule has 0 aliphatic carbocycles. The molecular weight excluding hydrogens is 402 g/mol. The van der Waals surface area contributed by atoms with Gasteiger partial charge in [0.2, 0.25) is 10.0 Å². The van der Waals surface area contributed by atoms with Gasteiger partial charge in [0, 0.05) is 52.7 Å². The molecule has 8 nitrogen and oxygen atoms in total. The van der Waals surface area contributed by atoms with Crippen molar-refractivity contribution in [2.45, 2.75) is 18.8 Å². The number of aromatic nitrogens is 1. The minimum Gasteiger partial charge on any atom is -0.379 e. The number of hydrogen-bond donors (Lipinski definition) is 1. The molecule has 0 unspecified atom stereocenters. The van der Waals surface area contributed by atoms with Gasteiger partial charge in [0.05, 0.1) is 25.5 Å². The number of aliphatic imine (C=N–C) groups is 1. The normalized spacial score (nSPS) is 15.9. The van der Waals surface area contributed by atoms with E-state index in [0.717, 1.165) is 23.6 Å². The van der Waals surface area contributed by atoms with E-state index in [1.54, 1.807) is 7.05 Å². The number of guanidine groups is 1. The van der Waals surface area contributed by atoms with Crippen LogP contribution in [0.4, 0.5) is 0 Å². The van der Waals surface area contributed by atoms with Gasteiger partial charge in [0.25, 0.3) is 0 Å². The number of aryl methyl sites for hydroxylation is 1. The van der Waals surface area contributed by atoms with Gasteiger partial charge < -0.3 is 19.5 Å². The minimum atomic E-state index is -3.38. The summed E-state index contributed by atoms with van der Waals surface area (Å²) in [6.45, 7) is 2.95. The molecule has 0 bridgehead atoms. The van der Waals surface area contributed by atoms with Crippen LogP contribution in [0.15, 0.2) is 47.6 Å². The average Bonchev–Trinajstić information content (AvgIpc) is 3.14. The standard InChI is InChI=1S/C21H31N5O3S/c1-22-21(25(3)16-20-9-6-10-24(20)2)23-15-18-7-4-5-8-19(18)17-30(27,28)26-11-13-29-14-12-26/h4-10H,11-17H2,1-3H3,(H,22,23). The topological polar surface area (TPSA) is 79.2 Å². The quantitative estimate of drug-likeness (QED) is 0.527. The first-order valence-corrected chi connectivity index (χ1v) is 11.7. The molecule has 2 aromatic rings. The van der Waals surface area contributed by atoms with Gasteiger partial charge >= 0.3 is 0 Å². The van der Waals surface area contributed by atoms with Crippen LogP contribution >= 0.6 is 0 Å². The van der Waals surface area contributed by atoms with Gasteiger partial charge in [-0.3, -0.25) is 4.99 Å². The molecule has 0 spiro atoms. The van der Waals surface area contributed by atoms with Gasteiger partial charge in [-0.1, -0.05) is 24.3 Å². The summed E-state index contributed by atoms with van der Waals surface area (Å²) in [7, 11) is 2.37. The van der Waals surface area contributed by atoms with Crippen molar-refractivity contribution >= 4 is 16.0 Å². The van der Waals surface area contributed by atoms with E-state index < -0.39 is 10.0 Å². The fourth-order valence-corrected chi connectivity index (χ4v) is 5.08. The molecule has 1 fully saturated rings. The van der Waals surface area contributed by atoms with E-state index in [2.05, 4.69) is 20.9 Å². The SMILES string of the molecule is CN=C(NCc1ccccc1CS(=O)(=O)N1CCOCC1)N(C)Cc1cccn1C. The Kier molecular flexibility index (Phi) is 7.52. The monoisotopic (exact) mass is 433 g/mol. The van der Waals surface area contributed by atoms with E-state index in [0.29, 0.717) is 32.8 Å². The molecule has 0 radical (unpaired) electrons. The fraction of sp³-hybridized carbons (Fsp3) is 0.476. The lowest BCUT2D eigenvalue weighted by molar-refractivity contribution is 0.0729. The first kappa shape index (κ1) is 22.3. The average molecular weight is 434 g/mol. The summed E-state index contributed by atoms with van der Waals surface area (Å²) < 4.78 is 34.5. The van der Waals surface area contributed by atoms with Gasteiger partial charge in [-0.2, -0.15) is 4.31 Å². The summed E-state index contributed by atoms with van der Waals surface area (Å²) >= 11 is 0. The van der Waals surface area contributed by atoms with Crippen LogP contribution in [0, 0.1) is 0 Å². The maximum absolute atomic E-state index is 12.8. The maximum Gasteiger partial charge on any atom is 0.218 e. The lowest BCUT2D eigenvalue weighted by Crippen LogP contribution is -2.41. The van der Waals surface area contributed by atoms with Crippen LogP contribution in [0.2, 0.25) is 0 Å². The second kappa shape index (κ2) is 10.1. The third kappa shape index (κ3) is 5.62. The number of rotatable bonds is 7. The Labute approximate surface area is 179 Å². The van der Waals surface area contributed by atoms with E-state index in [4.69, 9.17) is 4.74 Å². The number of nitrogens with zero attached hydrogens (tertiary/aromatic N) is 4. The van der Waals surface area contributed by atoms with Crippen molar-refractivity contribution < 1.29 is 13.2 Å². The Morgan fingerprint density at radius 1 is 1.17 bits per heavy atom. The molecule has 1 aromatic heterocycles. The molecule has 9 heteroatoms. The summed E-state index contributed by atoms with van der Waals surface area (Å²) in [5.74, 6) is 0.741. The molecule has 1 aliphatic rings. The number of nitrogens with one attached hydrogen (secondary N) is 1. The highest BCUT2D eigenvalue weighted by Crippen LogP contribution is 2.17. The molecule has 3 rings (SSSR count). The minimum absolute atomic E-state index is 0.0113. The Balaban J connectivity index is 1.66. The highest BCUT2D eigenvalue weighted by Gasteiger charge is 2.25. The summed E-state index contributed by atoms with van der Waals surface area (Å²) in [5.41, 5.74) is 2.93. The molecule has 0 amide bonds. The van der Waals surface area contributed by atoms with Gasteiger partial charge in [-0.15, -0.1) is 0 Å². The molecule has 1 N–H and O–H groups in total. The summed E-state index contributed by atoms with van der Waals surface area (Å²) in [6.07, 6.45) is 2.02. The van der Waals surface area contributed by atoms with E-state index in [1.807, 2.05) is 55.5 Å². The van der Waals surface area contributed by atoms with Gasteiger partial charge in [-0.25, -0.2) is 8.42 Å². The second-order valence-corrected chi connectivity index (χ2v) is 9.37. The first-order valence-electron chi connectivity index (χ1n) is 10.0. The summed E-state index contributed by atoms with van der Waals surface area (Å²) in [4.78, 5) is 6.42. The third-order valence-electron chi connectivity index (χ3n) is 5.28. The largest absolute Gasteiger partial charge is 0.379 e. The Morgan fingerprint density at radius 3 is 2.50 bits per heavy atom. The number of sulfonamides is 1. The highest BCUT2D eigenvalue weighted by molar-refractivity contribution is 7.88. The highest BCUT2D eigenvalue weighted by atomic mass is 32.2. The zero-order valence-corrected chi connectivity index (χ0v) is 18.7. The number of morpholine rings is 1. The molecule has 0 atom stereocenters. The lowest BCUT2D eigenvalue weighted by Gasteiger charge is -2.26. The van der Waals surface area contributed by atoms with Crippen LogP contribution in [0.1, 0.15) is 16.8 Å². The predicted octanol–water partition coefficient (Wildman–Crippen LogP) is 1.39. The van der Waals surface area contributed by atoms with Crippen molar-refractivity contribution in [2.24, 2.45) is 12.0 Å². The Hall–Kier alpha value is -2.36. The van der Waals surface area contributed by atoms with E-state index in [9.17, 15) is 8.42 Å². The van der Waals surface area contributed by atoms with Crippen molar-refractivity contribution in [1.82, 2.24) is 19.1 Å². The van der Waals surface area contributed by atoms with Gasteiger partial charge in [0.1, 0.15) is 0 Å². The van der Waals surface area contributed by atoms with Crippen LogP contribution in [-0.4, -0.2) is 68.5 Å². The molecule has 164 valence electrons. The van der Waals surface area contributed by atoms with Crippen molar-refractivity contribution in [3.63, 3.8) is 0 Å². The third-order valence-corrected chi connectivity index (χ3v) is 7.11. The Morgan fingerprint density at radius 2 is 1.87 bits per heavy atom. The van der Waals surface area contributed by atoms with Crippen molar-refractivity contribution in [3.05, 3.63) is 59.4 Å². The van der Waals surface area contributed by atoms with Crippen molar-refractivity contribution in [3.8, 4) is 0 Å². The summed E-state index contributed by atoms with van der Waals surface area (Å²) in [5, 5.41) is 3.36. The van der Waals surface area contributed by atoms with Crippen LogP contribution in [0.25, 0.3) is 0 Å². The van der Waals surface area contributed by atoms with Crippen LogP contribution in [-0.2, 0) is 40.7 Å². The number of benzene rings is 1. The summed E-state index contributed by atoms with van der Waals surface area (Å²) in [6, 6.07) is 11.7. The van der Waals surface area contributed by atoms with Crippen molar-refractivity contribution in [1.29, 1.82) is 0 Å². The molecule has 0 saturated carbocycles. The zero-order valence-electron chi connectivity index (χ0n) is 17.9. The molecule has 1 aromatic carbocycles. The molecular formula is C21H31N5O3S. The van der Waals surface area contributed by atoms with Crippen LogP contribution in [0.5, 0.6) is 0 Å². The zero-order chi connectivity index (χ0) is 21.6. The fourth-order valence-electron chi connectivity index (χ4n) is 3.52. The van der Waals surface area contributed by atoms with Crippen LogP contribution < -0.4 is 5.32 Å². The molecule has 30 heavy (non-hydrogen) atoms. The van der Waals surface area contributed by atoms with E-state index in [1.165, 1.54) is 10.00 Å². The smallest absolute Gasteiger partial charge is 0.218 e. The van der Waals surface area contributed by atoms with Crippen LogP contribution in [0.3, 0.4) is 0 Å². The van der Waals surface area contributed by atoms with E-state index >= 15 is 0 Å². The Bertz CT molecular complexity index is 965. The number of ether oxygens (including phenoxy) is 1. The molecule has 1 saturated heterocycles. The predicted molar refractivity (Wildman–Crippen MR) is 119 cm³/mol. The molecule has 2 heterocycles. The van der Waals surface area contributed by atoms with Gasteiger partial charge in [0.15, 0.2) is 5.96 Å². The maximum atomic E-state index is 12.8. The van der Waals surface area contributed by atoms with E-state index in [-0.39, 0.29) is 5.75 Å². The lowest BCUT2D eigenvalue weighted by atomic mass is 10.1. The molecule has 1 aliphatic heterocycles. The van der Waals surface area contributed by atoms with Gasteiger partial charge in [-0.05, 0) is 23.3 Å². The second-order valence-electron chi connectivity index (χ2n) is 7.40. The first-order chi connectivity index (χ1) is 14.4. The number of hydrogen-bond acceptors (Lipinski definition) is 4. The van der Waals surface area contributed by atoms with Crippen molar-refractivity contribution in [2.75, 3.05) is 40.4 Å².